The summed E-state index contributed by atoms with van der Waals surface area (Å²) < 4.78 is 34.0. The fourth-order valence-electron chi connectivity index (χ4n) is 2.38. The molecule has 0 spiro atoms. The molecule has 1 fully saturated rings. The summed E-state index contributed by atoms with van der Waals surface area (Å²) >= 11 is 11.9. The Morgan fingerprint density at radius 3 is 2.67 bits per heavy atom. The molecule has 2 atom stereocenters. The van der Waals surface area contributed by atoms with Crippen LogP contribution in [0.1, 0.15) is 11.7 Å². The first kappa shape index (κ1) is 19.2. The number of carboxylic acid groups (broad SMARTS) is 1. The average molecular weight is 398 g/mol. The van der Waals surface area contributed by atoms with Crippen molar-refractivity contribution in [3.05, 3.63) is 33.8 Å². The molecule has 0 aromatic heterocycles. The number of benzene rings is 1. The SMILES string of the molecule is CNS(=O)(=O)N[C@@H]1CN(C(=O)O)CCO[C@H]1c1ccc(Cl)c(Cl)c1. The zero-order valence-electron chi connectivity index (χ0n) is 12.7. The molecular formula is C13H17Cl2N3O5S. The lowest BCUT2D eigenvalue weighted by molar-refractivity contribution is 0.0483. The summed E-state index contributed by atoms with van der Waals surface area (Å²) in [4.78, 5) is 12.4. The summed E-state index contributed by atoms with van der Waals surface area (Å²) in [6.45, 7) is 0.182. The van der Waals surface area contributed by atoms with Gasteiger partial charge in [-0.3, -0.25) is 0 Å². The van der Waals surface area contributed by atoms with Gasteiger partial charge >= 0.3 is 6.09 Å². The van der Waals surface area contributed by atoms with E-state index >= 15 is 0 Å². The molecule has 2 rings (SSSR count). The number of amides is 1. The molecule has 0 unspecified atom stereocenters. The fourth-order valence-corrected chi connectivity index (χ4v) is 3.40. The molecule has 8 nitrogen and oxygen atoms in total. The van der Waals surface area contributed by atoms with Crippen LogP contribution >= 0.6 is 23.2 Å². The van der Waals surface area contributed by atoms with E-state index in [9.17, 15) is 18.3 Å². The van der Waals surface area contributed by atoms with Crippen LogP contribution in [0.15, 0.2) is 18.2 Å². The third-order valence-electron chi connectivity index (χ3n) is 3.56. The van der Waals surface area contributed by atoms with Crippen LogP contribution in [0.2, 0.25) is 10.0 Å². The molecule has 3 N–H and O–H groups in total. The van der Waals surface area contributed by atoms with E-state index in [-0.39, 0.29) is 19.7 Å². The second kappa shape index (κ2) is 7.85. The third kappa shape index (κ3) is 4.71. The van der Waals surface area contributed by atoms with E-state index < -0.39 is 28.4 Å². The average Bonchev–Trinajstić information content (AvgIpc) is 2.72. The van der Waals surface area contributed by atoms with Crippen LogP contribution in [0.4, 0.5) is 4.79 Å². The lowest BCUT2D eigenvalue weighted by Crippen LogP contribution is -2.49. The number of rotatable bonds is 4. The summed E-state index contributed by atoms with van der Waals surface area (Å²) in [6.07, 6.45) is -1.87. The molecule has 0 bridgehead atoms. The Balaban J connectivity index is 2.36. The second-order valence-corrected chi connectivity index (χ2v) is 7.59. The molecule has 1 aliphatic rings. The number of halogens is 2. The van der Waals surface area contributed by atoms with Gasteiger partial charge in [-0.05, 0) is 17.7 Å². The molecule has 1 saturated heterocycles. The van der Waals surface area contributed by atoms with Crippen molar-refractivity contribution in [2.75, 3.05) is 26.7 Å². The highest BCUT2D eigenvalue weighted by Crippen LogP contribution is 2.30. The highest BCUT2D eigenvalue weighted by molar-refractivity contribution is 7.87. The summed E-state index contributed by atoms with van der Waals surface area (Å²) in [7, 11) is -2.55. The van der Waals surface area contributed by atoms with Gasteiger partial charge in [-0.25, -0.2) is 9.52 Å². The largest absolute Gasteiger partial charge is 0.465 e. The zero-order chi connectivity index (χ0) is 17.9. The highest BCUT2D eigenvalue weighted by Gasteiger charge is 2.33. The van der Waals surface area contributed by atoms with Crippen LogP contribution < -0.4 is 9.44 Å². The third-order valence-corrected chi connectivity index (χ3v) is 5.45. The van der Waals surface area contributed by atoms with Gasteiger partial charge in [0.2, 0.25) is 0 Å². The summed E-state index contributed by atoms with van der Waals surface area (Å²) in [5.74, 6) is 0. The van der Waals surface area contributed by atoms with E-state index in [0.29, 0.717) is 15.6 Å². The van der Waals surface area contributed by atoms with Gasteiger partial charge in [-0.1, -0.05) is 29.3 Å². The van der Waals surface area contributed by atoms with Crippen LogP contribution in [0.3, 0.4) is 0 Å². The topological polar surface area (TPSA) is 108 Å². The van der Waals surface area contributed by atoms with E-state index in [2.05, 4.69) is 9.44 Å². The molecule has 134 valence electrons. The van der Waals surface area contributed by atoms with E-state index in [4.69, 9.17) is 27.9 Å². The van der Waals surface area contributed by atoms with E-state index in [1.54, 1.807) is 18.2 Å². The number of carbonyl (C=O) groups is 1. The molecule has 0 aliphatic carbocycles. The molecule has 1 amide bonds. The van der Waals surface area contributed by atoms with Crippen molar-refractivity contribution >= 4 is 39.5 Å². The van der Waals surface area contributed by atoms with Crippen molar-refractivity contribution in [2.24, 2.45) is 0 Å². The maximum Gasteiger partial charge on any atom is 0.407 e. The molecule has 1 aromatic carbocycles. The Morgan fingerprint density at radius 1 is 1.38 bits per heavy atom. The Kier molecular flexibility index (Phi) is 6.29. The number of nitrogens with zero attached hydrogens (tertiary/aromatic N) is 1. The van der Waals surface area contributed by atoms with Gasteiger partial charge in [-0.15, -0.1) is 0 Å². The lowest BCUT2D eigenvalue weighted by atomic mass is 10.0. The predicted molar refractivity (Wildman–Crippen MR) is 89.7 cm³/mol. The maximum absolute atomic E-state index is 11.9. The number of ether oxygens (including phenoxy) is 1. The van der Waals surface area contributed by atoms with Crippen LogP contribution in [0.5, 0.6) is 0 Å². The van der Waals surface area contributed by atoms with E-state index in [0.717, 1.165) is 4.90 Å². The van der Waals surface area contributed by atoms with Crippen LogP contribution in [0.25, 0.3) is 0 Å². The molecule has 24 heavy (non-hydrogen) atoms. The van der Waals surface area contributed by atoms with Gasteiger partial charge in [0, 0.05) is 20.1 Å². The number of nitrogens with one attached hydrogen (secondary N) is 2. The molecular weight excluding hydrogens is 381 g/mol. The number of hydrogen-bond acceptors (Lipinski definition) is 4. The van der Waals surface area contributed by atoms with Crippen LogP contribution in [-0.4, -0.2) is 57.3 Å². The standard InChI is InChI=1S/C13H17Cl2N3O5S/c1-16-24(21,22)17-11-7-18(13(19)20)4-5-23-12(11)8-2-3-9(14)10(15)6-8/h2-3,6,11-12,16-17H,4-5,7H2,1H3,(H,19,20)/t11-,12+/m1/s1. The van der Waals surface area contributed by atoms with Gasteiger partial charge in [0.25, 0.3) is 10.2 Å². The van der Waals surface area contributed by atoms with E-state index in [1.807, 2.05) is 0 Å². The van der Waals surface area contributed by atoms with E-state index in [1.165, 1.54) is 7.05 Å². The first-order valence-electron chi connectivity index (χ1n) is 6.98. The minimum Gasteiger partial charge on any atom is -0.465 e. The fraction of sp³-hybridized carbons (Fsp3) is 0.462. The molecule has 1 heterocycles. The molecule has 1 aromatic rings. The van der Waals surface area contributed by atoms with Crippen LogP contribution in [-0.2, 0) is 14.9 Å². The van der Waals surface area contributed by atoms with Gasteiger partial charge < -0.3 is 14.7 Å². The molecule has 0 saturated carbocycles. The summed E-state index contributed by atoms with van der Waals surface area (Å²) in [5, 5.41) is 9.87. The smallest absolute Gasteiger partial charge is 0.407 e. The monoisotopic (exact) mass is 397 g/mol. The second-order valence-electron chi connectivity index (χ2n) is 5.13. The first-order chi connectivity index (χ1) is 11.2. The minimum absolute atomic E-state index is 0.0683. The van der Waals surface area contributed by atoms with Crippen molar-refractivity contribution in [3.63, 3.8) is 0 Å². The highest BCUT2D eigenvalue weighted by atomic mass is 35.5. The first-order valence-corrected chi connectivity index (χ1v) is 9.22. The van der Waals surface area contributed by atoms with Gasteiger partial charge in [0.1, 0.15) is 6.10 Å². The Hall–Kier alpha value is -1.10. The lowest BCUT2D eigenvalue weighted by Gasteiger charge is -2.27. The number of hydrogen-bond donors (Lipinski definition) is 3. The quantitative estimate of drug-likeness (QED) is 0.712. The van der Waals surface area contributed by atoms with Crippen molar-refractivity contribution < 1.29 is 23.1 Å². The normalized spacial score (nSPS) is 22.2. The molecule has 0 radical (unpaired) electrons. The van der Waals surface area contributed by atoms with Crippen molar-refractivity contribution in [2.45, 2.75) is 12.1 Å². The van der Waals surface area contributed by atoms with Crippen molar-refractivity contribution in [1.29, 1.82) is 0 Å². The zero-order valence-corrected chi connectivity index (χ0v) is 15.0. The Bertz CT molecular complexity index is 716. The van der Waals surface area contributed by atoms with Gasteiger partial charge in [0.15, 0.2) is 0 Å². The predicted octanol–water partition coefficient (Wildman–Crippen LogP) is 1.47. The maximum atomic E-state index is 11.9. The van der Waals surface area contributed by atoms with Crippen molar-refractivity contribution in [1.82, 2.24) is 14.3 Å². The van der Waals surface area contributed by atoms with Crippen LogP contribution in [0, 0.1) is 0 Å². The molecule has 11 heteroatoms. The van der Waals surface area contributed by atoms with Gasteiger partial charge in [0.05, 0.1) is 22.7 Å². The Morgan fingerprint density at radius 2 is 2.08 bits per heavy atom. The van der Waals surface area contributed by atoms with Crippen molar-refractivity contribution in [3.8, 4) is 0 Å². The Labute approximate surface area is 149 Å². The minimum atomic E-state index is -3.80. The molecule has 1 aliphatic heterocycles. The van der Waals surface area contributed by atoms with Gasteiger partial charge in [-0.2, -0.15) is 13.1 Å². The summed E-state index contributed by atoms with van der Waals surface area (Å²) in [6, 6.07) is 3.98. The summed E-state index contributed by atoms with van der Waals surface area (Å²) in [5.41, 5.74) is 0.598.